The molecule has 1 aliphatic heterocycles. The van der Waals surface area contributed by atoms with Crippen LogP contribution in [0.2, 0.25) is 0 Å². The molecule has 1 saturated carbocycles. The minimum Gasteiger partial charge on any atom is -0.359 e. The summed E-state index contributed by atoms with van der Waals surface area (Å²) in [5, 5.41) is 3.88. The van der Waals surface area contributed by atoms with E-state index < -0.39 is 11.7 Å². The van der Waals surface area contributed by atoms with Crippen LogP contribution in [0.3, 0.4) is 0 Å². The first-order valence-electron chi connectivity index (χ1n) is 10.6. The zero-order valence-corrected chi connectivity index (χ0v) is 17.5. The van der Waals surface area contributed by atoms with Gasteiger partial charge in [-0.05, 0) is 67.9 Å². The van der Waals surface area contributed by atoms with Gasteiger partial charge in [0.2, 0.25) is 0 Å². The van der Waals surface area contributed by atoms with Crippen molar-refractivity contribution in [3.8, 4) is 0 Å². The molecule has 4 atom stereocenters. The van der Waals surface area contributed by atoms with E-state index in [1.54, 1.807) is 6.07 Å². The standard InChI is InChI=1S/C23H34F3NO/c1-16(2)12-21(9-8-19-6-5-7-20(11-19)23(24,25)26)15-28-22(27-21)13-17(3)10-18(4)14-22/h5-7,11,16-18,27H,8-10,12-15H2,1-4H3/t17-,18+,21?,22?. The fourth-order valence-corrected chi connectivity index (χ4v) is 5.53. The Balaban J connectivity index is 1.75. The van der Waals surface area contributed by atoms with E-state index in [4.69, 9.17) is 4.74 Å². The maximum atomic E-state index is 13.0. The number of ether oxygens (including phenoxy) is 1. The van der Waals surface area contributed by atoms with Gasteiger partial charge in [-0.3, -0.25) is 5.32 Å². The highest BCUT2D eigenvalue weighted by Crippen LogP contribution is 2.44. The van der Waals surface area contributed by atoms with Crippen LogP contribution in [-0.2, 0) is 17.3 Å². The summed E-state index contributed by atoms with van der Waals surface area (Å²) in [5.41, 5.74) is -0.255. The highest BCUT2D eigenvalue weighted by Gasteiger charge is 2.51. The molecule has 158 valence electrons. The molecule has 2 unspecified atom stereocenters. The molecule has 0 bridgehead atoms. The van der Waals surface area contributed by atoms with Crippen molar-refractivity contribution in [2.45, 2.75) is 83.7 Å². The van der Waals surface area contributed by atoms with Gasteiger partial charge >= 0.3 is 6.18 Å². The molecule has 1 N–H and O–H groups in total. The first-order valence-corrected chi connectivity index (χ1v) is 10.6. The van der Waals surface area contributed by atoms with Gasteiger partial charge in [0.1, 0.15) is 5.72 Å². The topological polar surface area (TPSA) is 21.3 Å². The molecule has 0 radical (unpaired) electrons. The molecule has 28 heavy (non-hydrogen) atoms. The van der Waals surface area contributed by atoms with E-state index in [1.165, 1.54) is 18.6 Å². The largest absolute Gasteiger partial charge is 0.416 e. The third kappa shape index (κ3) is 5.10. The van der Waals surface area contributed by atoms with Gasteiger partial charge in [-0.1, -0.05) is 45.9 Å². The molecule has 3 rings (SSSR count). The number of benzene rings is 1. The minimum absolute atomic E-state index is 0.167. The summed E-state index contributed by atoms with van der Waals surface area (Å²) in [6, 6.07) is 5.75. The van der Waals surface area contributed by atoms with Crippen LogP contribution in [0.25, 0.3) is 0 Å². The number of hydrogen-bond donors (Lipinski definition) is 1. The van der Waals surface area contributed by atoms with Gasteiger partial charge in [0, 0.05) is 5.54 Å². The SMILES string of the molecule is CC(C)CC1(CCc2cccc(C(F)(F)F)c2)COC2(C[C@H](C)C[C@H](C)C2)N1. The Morgan fingerprint density at radius 1 is 1.18 bits per heavy atom. The molecule has 1 aromatic carbocycles. The predicted molar refractivity (Wildman–Crippen MR) is 106 cm³/mol. The van der Waals surface area contributed by atoms with E-state index in [-0.39, 0.29) is 11.3 Å². The van der Waals surface area contributed by atoms with E-state index in [0.717, 1.165) is 37.3 Å². The number of rotatable bonds is 5. The van der Waals surface area contributed by atoms with Gasteiger partial charge in [0.15, 0.2) is 0 Å². The Bertz CT molecular complexity index is 662. The van der Waals surface area contributed by atoms with Crippen LogP contribution in [0.4, 0.5) is 13.2 Å². The first kappa shape index (κ1) is 21.6. The van der Waals surface area contributed by atoms with Gasteiger partial charge < -0.3 is 4.74 Å². The van der Waals surface area contributed by atoms with Crippen LogP contribution in [0.1, 0.15) is 70.9 Å². The molecular formula is C23H34F3NO. The third-order valence-electron chi connectivity index (χ3n) is 6.22. The summed E-state index contributed by atoms with van der Waals surface area (Å²) in [6.07, 6.45) is 1.34. The maximum Gasteiger partial charge on any atom is 0.416 e. The lowest BCUT2D eigenvalue weighted by atomic mass is 9.77. The smallest absolute Gasteiger partial charge is 0.359 e. The van der Waals surface area contributed by atoms with E-state index >= 15 is 0 Å². The second kappa shape index (κ2) is 7.98. The number of alkyl halides is 3. The summed E-state index contributed by atoms with van der Waals surface area (Å²) in [4.78, 5) is 0. The van der Waals surface area contributed by atoms with Crippen LogP contribution < -0.4 is 5.32 Å². The lowest BCUT2D eigenvalue weighted by Gasteiger charge is -2.42. The summed E-state index contributed by atoms with van der Waals surface area (Å²) < 4.78 is 45.5. The molecule has 0 aromatic heterocycles. The van der Waals surface area contributed by atoms with E-state index in [1.807, 2.05) is 0 Å². The molecule has 1 aliphatic carbocycles. The number of aryl methyl sites for hydroxylation is 1. The fourth-order valence-electron chi connectivity index (χ4n) is 5.53. The Kier molecular flexibility index (Phi) is 6.17. The average Bonchev–Trinajstić information content (AvgIpc) is 2.88. The number of nitrogens with one attached hydrogen (secondary N) is 1. The summed E-state index contributed by atoms with van der Waals surface area (Å²) >= 11 is 0. The normalized spacial score (nSPS) is 33.7. The molecule has 0 amide bonds. The first-order chi connectivity index (χ1) is 13.0. The molecule has 1 spiro atoms. The van der Waals surface area contributed by atoms with E-state index in [9.17, 15) is 13.2 Å². The van der Waals surface area contributed by atoms with Crippen molar-refractivity contribution >= 4 is 0 Å². The van der Waals surface area contributed by atoms with Gasteiger partial charge in [-0.15, -0.1) is 0 Å². The van der Waals surface area contributed by atoms with Crippen LogP contribution in [0.5, 0.6) is 0 Å². The summed E-state index contributed by atoms with van der Waals surface area (Å²) in [7, 11) is 0. The molecule has 2 fully saturated rings. The van der Waals surface area contributed by atoms with Crippen molar-refractivity contribution in [3.05, 3.63) is 35.4 Å². The Hall–Kier alpha value is -1.07. The van der Waals surface area contributed by atoms with Crippen LogP contribution >= 0.6 is 0 Å². The molecular weight excluding hydrogens is 363 g/mol. The van der Waals surface area contributed by atoms with Gasteiger partial charge in [0.05, 0.1) is 12.2 Å². The van der Waals surface area contributed by atoms with Crippen molar-refractivity contribution in [2.75, 3.05) is 6.61 Å². The average molecular weight is 398 g/mol. The molecule has 2 nitrogen and oxygen atoms in total. The highest BCUT2D eigenvalue weighted by molar-refractivity contribution is 5.26. The minimum atomic E-state index is -4.29. The number of halogens is 3. The summed E-state index contributed by atoms with van der Waals surface area (Å²) in [6.45, 7) is 9.61. The van der Waals surface area contributed by atoms with Crippen molar-refractivity contribution in [2.24, 2.45) is 17.8 Å². The van der Waals surface area contributed by atoms with Crippen LogP contribution in [-0.4, -0.2) is 17.9 Å². The predicted octanol–water partition coefficient (Wildman–Crippen LogP) is 6.20. The van der Waals surface area contributed by atoms with Gasteiger partial charge in [-0.2, -0.15) is 13.2 Å². The second-order valence-corrected chi connectivity index (χ2v) is 9.84. The zero-order chi connectivity index (χ0) is 20.6. The Morgan fingerprint density at radius 2 is 1.86 bits per heavy atom. The second-order valence-electron chi connectivity index (χ2n) is 9.84. The lowest BCUT2D eigenvalue weighted by molar-refractivity contribution is -0.137. The highest BCUT2D eigenvalue weighted by atomic mass is 19.4. The third-order valence-corrected chi connectivity index (χ3v) is 6.22. The lowest BCUT2D eigenvalue weighted by Crippen LogP contribution is -2.55. The van der Waals surface area contributed by atoms with Crippen molar-refractivity contribution < 1.29 is 17.9 Å². The Morgan fingerprint density at radius 3 is 2.46 bits per heavy atom. The monoisotopic (exact) mass is 397 g/mol. The molecule has 1 saturated heterocycles. The molecule has 5 heteroatoms. The van der Waals surface area contributed by atoms with E-state index in [0.29, 0.717) is 30.8 Å². The van der Waals surface area contributed by atoms with Crippen LogP contribution in [0, 0.1) is 17.8 Å². The van der Waals surface area contributed by atoms with Crippen molar-refractivity contribution in [1.82, 2.24) is 5.32 Å². The van der Waals surface area contributed by atoms with Crippen LogP contribution in [0.15, 0.2) is 24.3 Å². The number of hydrogen-bond acceptors (Lipinski definition) is 2. The maximum absolute atomic E-state index is 13.0. The van der Waals surface area contributed by atoms with Crippen molar-refractivity contribution in [1.29, 1.82) is 0 Å². The molecule has 1 aromatic rings. The summed E-state index contributed by atoms with van der Waals surface area (Å²) in [5.74, 6) is 1.73. The van der Waals surface area contributed by atoms with Crippen molar-refractivity contribution in [3.63, 3.8) is 0 Å². The quantitative estimate of drug-likeness (QED) is 0.639. The molecule has 2 aliphatic rings. The van der Waals surface area contributed by atoms with Gasteiger partial charge in [0.25, 0.3) is 0 Å². The van der Waals surface area contributed by atoms with Gasteiger partial charge in [-0.25, -0.2) is 0 Å². The van der Waals surface area contributed by atoms with E-state index in [2.05, 4.69) is 33.0 Å². The zero-order valence-electron chi connectivity index (χ0n) is 17.5. The molecule has 1 heterocycles. The fraction of sp³-hybridized carbons (Fsp3) is 0.739. The Labute approximate surface area is 167 Å².